The molecule has 6 heterocycles. The van der Waals surface area contributed by atoms with Gasteiger partial charge in [0.15, 0.2) is 69.9 Å². The maximum atomic E-state index is 15.9. The van der Waals surface area contributed by atoms with Crippen molar-refractivity contribution in [3.63, 3.8) is 0 Å². The van der Waals surface area contributed by atoms with Gasteiger partial charge < -0.3 is 9.13 Å². The van der Waals surface area contributed by atoms with Crippen LogP contribution >= 0.6 is 0 Å². The Morgan fingerprint density at radius 3 is 0.647 bits per heavy atom. The average Bonchev–Trinajstić information content (AvgIpc) is 1.57. The highest BCUT2D eigenvalue weighted by molar-refractivity contribution is 6.14. The van der Waals surface area contributed by atoms with E-state index in [0.29, 0.717) is 136 Å². The van der Waals surface area contributed by atoms with Crippen LogP contribution in [0.1, 0.15) is 11.1 Å². The van der Waals surface area contributed by atoms with E-state index < -0.39 is 11.7 Å². The normalized spacial score (nSPS) is 11.6. The SMILES string of the molecule is N#Cc1cc(-n2c3ccc(-c4nc(-c5ccccc5)nc(-c5ccccc5)n4)cc3c3cc(-c4nc(-c5ccccc5)nc(-c5ccccc5)n4)ccc32)c(-n2c3ccc(-c4nc(-c5ccccc5)nc(-c5ccccc5)n4)cc3c3cc(-c4nc(-c5ccccc5)nc(-c5ccccc5)n4)ccc32)cc1-c1ccccc1C(F)(F)F. The lowest BCUT2D eigenvalue weighted by Crippen LogP contribution is -2.09. The van der Waals surface area contributed by atoms with E-state index in [1.54, 1.807) is 18.2 Å². The molecule has 14 aromatic carbocycles. The summed E-state index contributed by atoms with van der Waals surface area (Å²) >= 11 is 0. The molecule has 0 radical (unpaired) electrons. The van der Waals surface area contributed by atoms with Gasteiger partial charge in [-0.3, -0.25) is 0 Å². The van der Waals surface area contributed by atoms with Crippen molar-refractivity contribution in [1.29, 1.82) is 5.26 Å². The molecule has 18 heteroatoms. The Morgan fingerprint density at radius 2 is 0.422 bits per heavy atom. The zero-order valence-electron chi connectivity index (χ0n) is 61.3. The summed E-state index contributed by atoms with van der Waals surface area (Å²) < 4.78 is 51.7. The molecule has 0 aliphatic rings. The predicted octanol–water partition coefficient (Wildman–Crippen LogP) is 23.2. The van der Waals surface area contributed by atoms with E-state index in [2.05, 4.69) is 27.3 Å². The van der Waals surface area contributed by atoms with E-state index in [0.717, 1.165) is 61.3 Å². The minimum absolute atomic E-state index is 0.0234. The molecule has 0 fully saturated rings. The lowest BCUT2D eigenvalue weighted by atomic mass is 9.94. The fourth-order valence-corrected chi connectivity index (χ4v) is 15.1. The topological polar surface area (TPSA) is 188 Å². The zero-order chi connectivity index (χ0) is 77.8. The molecule has 116 heavy (non-hydrogen) atoms. The first-order chi connectivity index (χ1) is 57.0. The lowest BCUT2D eigenvalue weighted by molar-refractivity contribution is -0.137. The van der Waals surface area contributed by atoms with Crippen LogP contribution in [0.25, 0.3) is 203 Å². The molecule has 6 aromatic heterocycles. The number of hydrogen-bond donors (Lipinski definition) is 0. The number of hydrogen-bond acceptors (Lipinski definition) is 13. The van der Waals surface area contributed by atoms with Crippen LogP contribution in [0.5, 0.6) is 0 Å². The fourth-order valence-electron chi connectivity index (χ4n) is 15.1. The minimum atomic E-state index is -4.83. The van der Waals surface area contributed by atoms with Crippen LogP contribution in [0.3, 0.4) is 0 Å². The number of fused-ring (bicyclic) bond motifs is 6. The molecule has 0 atom stereocenters. The zero-order valence-corrected chi connectivity index (χ0v) is 61.3. The van der Waals surface area contributed by atoms with Gasteiger partial charge in [0.25, 0.3) is 0 Å². The molecule has 0 saturated heterocycles. The second kappa shape index (κ2) is 29.0. The minimum Gasteiger partial charge on any atom is -0.307 e. The summed E-state index contributed by atoms with van der Waals surface area (Å²) in [6, 6.07) is 113. The van der Waals surface area contributed by atoms with E-state index in [1.165, 1.54) is 12.1 Å². The predicted molar refractivity (Wildman–Crippen MR) is 449 cm³/mol. The third-order valence-corrected chi connectivity index (χ3v) is 20.6. The van der Waals surface area contributed by atoms with Gasteiger partial charge in [0.2, 0.25) is 0 Å². The van der Waals surface area contributed by atoms with Gasteiger partial charge in [-0.05, 0) is 96.6 Å². The van der Waals surface area contributed by atoms with Gasteiger partial charge in [0.1, 0.15) is 0 Å². The van der Waals surface area contributed by atoms with Gasteiger partial charge in [-0.1, -0.05) is 261 Å². The summed E-state index contributed by atoms with van der Waals surface area (Å²) in [4.78, 5) is 61.9. The summed E-state index contributed by atoms with van der Waals surface area (Å²) in [7, 11) is 0. The molecule has 15 nitrogen and oxygen atoms in total. The number of alkyl halides is 3. The monoisotopic (exact) mass is 1500 g/mol. The maximum Gasteiger partial charge on any atom is 0.417 e. The molecule has 0 aliphatic heterocycles. The van der Waals surface area contributed by atoms with Gasteiger partial charge in [0.05, 0.1) is 50.6 Å². The van der Waals surface area contributed by atoms with E-state index in [9.17, 15) is 5.26 Å². The van der Waals surface area contributed by atoms with E-state index in [4.69, 9.17) is 59.8 Å². The Hall–Kier alpha value is -16.0. The Labute approximate surface area is 661 Å². The van der Waals surface area contributed by atoms with Gasteiger partial charge in [0, 0.05) is 93.9 Å². The molecule has 20 rings (SSSR count). The van der Waals surface area contributed by atoms with Gasteiger partial charge in [-0.2, -0.15) is 18.4 Å². The first-order valence-electron chi connectivity index (χ1n) is 37.5. The largest absolute Gasteiger partial charge is 0.417 e. The maximum absolute atomic E-state index is 15.9. The summed E-state index contributed by atoms with van der Waals surface area (Å²) in [5.74, 6) is 5.27. The second-order valence-corrected chi connectivity index (χ2v) is 27.8. The molecular weight excluding hydrogens is 1440 g/mol. The molecule has 546 valence electrons. The first-order valence-corrected chi connectivity index (χ1v) is 37.5. The Balaban J connectivity index is 0.884. The van der Waals surface area contributed by atoms with Crippen LogP contribution in [0.15, 0.2) is 352 Å². The van der Waals surface area contributed by atoms with Crippen molar-refractivity contribution in [3.05, 3.63) is 363 Å². The van der Waals surface area contributed by atoms with Gasteiger partial charge in [-0.15, -0.1) is 0 Å². The molecule has 0 amide bonds. The molecule has 0 unspecified atom stereocenters. The molecule has 20 aromatic rings. The summed E-state index contributed by atoms with van der Waals surface area (Å²) in [6.45, 7) is 0. The van der Waals surface area contributed by atoms with Crippen molar-refractivity contribution in [2.24, 2.45) is 0 Å². The molecule has 0 aliphatic carbocycles. The number of halogens is 3. The lowest BCUT2D eigenvalue weighted by Gasteiger charge is -2.21. The van der Waals surface area contributed by atoms with Gasteiger partial charge in [-0.25, -0.2) is 59.8 Å². The Kier molecular flexibility index (Phi) is 17.3. The standard InChI is InChI=1S/C98H58F3N15/c99-98(100,101)79-44-26-25-43-73(79)74-58-85(116-82-51-47-70(96-111-90(64-35-17-5-18-36-64)105-91(112-96)65-37-19-6-20-38-65)55-77(82)78-56-71(48-52-83(78)116)97-113-92(66-39-21-7-22-40-66)106-93(114-97)67-41-23-8-24-42-67)84(57-72(74)59-102)115-80-49-45-68(94-107-86(60-27-9-1-10-28-60)103-87(108-94)61-29-11-2-12-30-61)53-75(80)76-54-69(46-50-81(76)115)95-109-88(62-31-13-3-14-32-62)104-89(110-95)63-33-15-4-16-34-63/h1-58H. The number of nitrogens with zero attached hydrogens (tertiary/aromatic N) is 15. The second-order valence-electron chi connectivity index (χ2n) is 27.8. The smallest absolute Gasteiger partial charge is 0.307 e. The Bertz CT molecular complexity index is 6640. The summed E-state index contributed by atoms with van der Waals surface area (Å²) in [6.07, 6.45) is -4.83. The van der Waals surface area contributed by atoms with Crippen LogP contribution in [-0.2, 0) is 6.18 Å². The van der Waals surface area contributed by atoms with E-state index >= 15 is 13.2 Å². The highest BCUT2D eigenvalue weighted by atomic mass is 19.4. The number of aromatic nitrogens is 14. The van der Waals surface area contributed by atoms with Crippen molar-refractivity contribution in [2.45, 2.75) is 6.18 Å². The van der Waals surface area contributed by atoms with Crippen LogP contribution in [0.2, 0.25) is 0 Å². The quantitative estimate of drug-likeness (QED) is 0.0944. The van der Waals surface area contributed by atoms with E-state index in [-0.39, 0.29) is 16.7 Å². The van der Waals surface area contributed by atoms with Crippen molar-refractivity contribution in [3.8, 4) is 165 Å². The molecule has 0 saturated carbocycles. The fraction of sp³-hybridized carbons (Fsp3) is 0.0102. The first kappa shape index (κ1) is 69.2. The van der Waals surface area contributed by atoms with Crippen LogP contribution in [0, 0.1) is 11.3 Å². The number of benzene rings is 14. The summed E-state index contributed by atoms with van der Waals surface area (Å²) in [5.41, 5.74) is 11.2. The highest BCUT2D eigenvalue weighted by Gasteiger charge is 2.35. The molecular formula is C98H58F3N15. The third-order valence-electron chi connectivity index (χ3n) is 20.6. The van der Waals surface area contributed by atoms with Crippen molar-refractivity contribution < 1.29 is 13.2 Å². The Morgan fingerprint density at radius 1 is 0.216 bits per heavy atom. The molecule has 0 bridgehead atoms. The average molecular weight is 1500 g/mol. The number of nitriles is 1. The molecule has 0 spiro atoms. The van der Waals surface area contributed by atoms with Gasteiger partial charge >= 0.3 is 6.18 Å². The van der Waals surface area contributed by atoms with Crippen LogP contribution in [-0.4, -0.2) is 68.9 Å². The van der Waals surface area contributed by atoms with Crippen molar-refractivity contribution in [1.82, 2.24) is 68.9 Å². The third kappa shape index (κ3) is 12.9. The van der Waals surface area contributed by atoms with E-state index in [1.807, 2.05) is 303 Å². The van der Waals surface area contributed by atoms with Crippen molar-refractivity contribution >= 4 is 43.6 Å². The van der Waals surface area contributed by atoms with Crippen molar-refractivity contribution in [2.75, 3.05) is 0 Å². The summed E-state index contributed by atoms with van der Waals surface area (Å²) in [5, 5.41) is 14.6. The van der Waals surface area contributed by atoms with Crippen LogP contribution < -0.4 is 0 Å². The highest BCUT2D eigenvalue weighted by Crippen LogP contribution is 2.47. The molecule has 0 N–H and O–H groups in total. The van der Waals surface area contributed by atoms with Crippen LogP contribution in [0.4, 0.5) is 13.2 Å². The number of rotatable bonds is 15.